The van der Waals surface area contributed by atoms with Crippen molar-refractivity contribution < 1.29 is 9.53 Å². The van der Waals surface area contributed by atoms with Gasteiger partial charge in [-0.3, -0.25) is 4.90 Å². The van der Waals surface area contributed by atoms with E-state index in [2.05, 4.69) is 0 Å². The maximum atomic E-state index is 12.2. The number of anilines is 1. The minimum Gasteiger partial charge on any atom is -0.443 e. The van der Waals surface area contributed by atoms with Crippen molar-refractivity contribution in [1.29, 1.82) is 0 Å². The summed E-state index contributed by atoms with van der Waals surface area (Å²) in [5.74, 6) is 0. The number of ether oxygens (including phenoxy) is 1. The highest BCUT2D eigenvalue weighted by atomic mass is 35.5. The summed E-state index contributed by atoms with van der Waals surface area (Å²) in [6, 6.07) is 7.79. The summed E-state index contributed by atoms with van der Waals surface area (Å²) in [5.41, 5.74) is 7.51. The lowest BCUT2D eigenvalue weighted by Crippen LogP contribution is -2.47. The van der Waals surface area contributed by atoms with Gasteiger partial charge in [0.25, 0.3) is 0 Å². The lowest BCUT2D eigenvalue weighted by Gasteiger charge is -2.34. The van der Waals surface area contributed by atoms with E-state index < -0.39 is 5.60 Å². The number of hydrogen-bond acceptors (Lipinski definition) is 3. The van der Waals surface area contributed by atoms with Crippen LogP contribution >= 0.6 is 12.4 Å². The zero-order valence-electron chi connectivity index (χ0n) is 11.6. The average Bonchev–Trinajstić information content (AvgIpc) is 2.25. The summed E-state index contributed by atoms with van der Waals surface area (Å²) in [5, 5.41) is 0. The molecule has 0 saturated heterocycles. The second-order valence-corrected chi connectivity index (χ2v) is 5.68. The van der Waals surface area contributed by atoms with Crippen molar-refractivity contribution >= 4 is 24.2 Å². The Morgan fingerprint density at radius 3 is 2.63 bits per heavy atom. The molecule has 0 fully saturated rings. The summed E-state index contributed by atoms with van der Waals surface area (Å²) in [6.07, 6.45) is 0.472. The second-order valence-electron chi connectivity index (χ2n) is 5.68. The summed E-state index contributed by atoms with van der Waals surface area (Å²) in [4.78, 5) is 13.8. The first-order valence-electron chi connectivity index (χ1n) is 6.21. The van der Waals surface area contributed by atoms with Gasteiger partial charge in [0.1, 0.15) is 5.60 Å². The molecule has 1 aromatic carbocycles. The highest BCUT2D eigenvalue weighted by molar-refractivity contribution is 5.89. The monoisotopic (exact) mass is 284 g/mol. The number of halogens is 1. The van der Waals surface area contributed by atoms with Crippen LogP contribution in [0.2, 0.25) is 0 Å². The van der Waals surface area contributed by atoms with Crippen molar-refractivity contribution in [1.82, 2.24) is 0 Å². The SMILES string of the molecule is CC(C)(C)OC(=O)N1CC(N)Cc2ccccc21.Cl. The standard InChI is InChI=1S/C14H20N2O2.ClH/c1-14(2,3)18-13(17)16-9-11(15)8-10-6-4-5-7-12(10)16;/h4-7,11H,8-9,15H2,1-3H3;1H. The van der Waals surface area contributed by atoms with E-state index in [0.717, 1.165) is 17.7 Å². The molecule has 2 N–H and O–H groups in total. The van der Waals surface area contributed by atoms with Gasteiger partial charge in [-0.1, -0.05) is 18.2 Å². The van der Waals surface area contributed by atoms with Gasteiger partial charge in [-0.2, -0.15) is 0 Å². The molecule has 4 nitrogen and oxygen atoms in total. The van der Waals surface area contributed by atoms with Gasteiger partial charge in [0.2, 0.25) is 0 Å². The molecule has 0 spiro atoms. The molecule has 0 saturated carbocycles. The Kier molecular flexibility index (Phi) is 4.82. The molecule has 1 unspecified atom stereocenters. The molecule has 0 radical (unpaired) electrons. The number of rotatable bonds is 0. The largest absolute Gasteiger partial charge is 0.443 e. The Hall–Kier alpha value is -1.26. The smallest absolute Gasteiger partial charge is 0.414 e. The highest BCUT2D eigenvalue weighted by Gasteiger charge is 2.29. The Bertz CT molecular complexity index is 457. The molecular formula is C14H21ClN2O2. The molecule has 1 amide bonds. The van der Waals surface area contributed by atoms with Crippen LogP contribution in [-0.4, -0.2) is 24.3 Å². The molecule has 0 aromatic heterocycles. The van der Waals surface area contributed by atoms with Crippen LogP contribution in [0.3, 0.4) is 0 Å². The van der Waals surface area contributed by atoms with E-state index in [1.165, 1.54) is 0 Å². The van der Waals surface area contributed by atoms with E-state index >= 15 is 0 Å². The molecule has 5 heteroatoms. The quantitative estimate of drug-likeness (QED) is 0.797. The maximum absolute atomic E-state index is 12.2. The van der Waals surface area contributed by atoms with Gasteiger partial charge in [0.15, 0.2) is 0 Å². The average molecular weight is 285 g/mol. The van der Waals surface area contributed by atoms with Gasteiger partial charge < -0.3 is 10.5 Å². The summed E-state index contributed by atoms with van der Waals surface area (Å²) < 4.78 is 5.41. The Morgan fingerprint density at radius 2 is 2.00 bits per heavy atom. The number of fused-ring (bicyclic) bond motifs is 1. The Balaban J connectivity index is 0.00000180. The van der Waals surface area contributed by atoms with Gasteiger partial charge in [-0.25, -0.2) is 4.79 Å². The lowest BCUT2D eigenvalue weighted by molar-refractivity contribution is 0.0575. The van der Waals surface area contributed by atoms with Crippen molar-refractivity contribution in [2.75, 3.05) is 11.4 Å². The van der Waals surface area contributed by atoms with E-state index in [0.29, 0.717) is 6.54 Å². The summed E-state index contributed by atoms with van der Waals surface area (Å²) in [7, 11) is 0. The number of nitrogens with two attached hydrogens (primary N) is 1. The normalized spacial score (nSPS) is 18.3. The van der Waals surface area contributed by atoms with Crippen molar-refractivity contribution in [3.63, 3.8) is 0 Å². The van der Waals surface area contributed by atoms with Crippen LogP contribution in [-0.2, 0) is 11.2 Å². The first-order valence-corrected chi connectivity index (χ1v) is 6.21. The Morgan fingerprint density at radius 1 is 1.37 bits per heavy atom. The van der Waals surface area contributed by atoms with Crippen LogP contribution in [0.4, 0.5) is 10.5 Å². The van der Waals surface area contributed by atoms with Crippen molar-refractivity contribution in [3.05, 3.63) is 29.8 Å². The second kappa shape index (κ2) is 5.80. The molecule has 1 atom stereocenters. The van der Waals surface area contributed by atoms with Crippen LogP contribution in [0.25, 0.3) is 0 Å². The number of hydrogen-bond donors (Lipinski definition) is 1. The highest BCUT2D eigenvalue weighted by Crippen LogP contribution is 2.27. The molecule has 1 heterocycles. The topological polar surface area (TPSA) is 55.6 Å². The van der Waals surface area contributed by atoms with E-state index in [1.807, 2.05) is 45.0 Å². The fraction of sp³-hybridized carbons (Fsp3) is 0.500. The Labute approximate surface area is 120 Å². The fourth-order valence-electron chi connectivity index (χ4n) is 2.12. The van der Waals surface area contributed by atoms with Crippen LogP contribution < -0.4 is 10.6 Å². The van der Waals surface area contributed by atoms with E-state index in [4.69, 9.17) is 10.5 Å². The number of para-hydroxylation sites is 1. The third-order valence-electron chi connectivity index (χ3n) is 2.80. The minimum atomic E-state index is -0.492. The van der Waals surface area contributed by atoms with Crippen molar-refractivity contribution in [2.45, 2.75) is 38.8 Å². The van der Waals surface area contributed by atoms with Gasteiger partial charge in [0.05, 0.1) is 5.69 Å². The van der Waals surface area contributed by atoms with Gasteiger partial charge >= 0.3 is 6.09 Å². The van der Waals surface area contributed by atoms with Crippen LogP contribution in [0, 0.1) is 0 Å². The van der Waals surface area contributed by atoms with Crippen molar-refractivity contribution in [3.8, 4) is 0 Å². The fourth-order valence-corrected chi connectivity index (χ4v) is 2.12. The molecule has 106 valence electrons. The predicted molar refractivity (Wildman–Crippen MR) is 78.9 cm³/mol. The van der Waals surface area contributed by atoms with E-state index in [-0.39, 0.29) is 24.5 Å². The van der Waals surface area contributed by atoms with E-state index in [9.17, 15) is 4.79 Å². The molecule has 1 aliphatic heterocycles. The predicted octanol–water partition coefficient (Wildman–Crippen LogP) is 2.73. The van der Waals surface area contributed by atoms with Crippen molar-refractivity contribution in [2.24, 2.45) is 5.73 Å². The number of nitrogens with zero attached hydrogens (tertiary/aromatic N) is 1. The van der Waals surface area contributed by atoms with Crippen LogP contribution in [0.15, 0.2) is 24.3 Å². The number of carbonyl (C=O) groups excluding carboxylic acids is 1. The van der Waals surface area contributed by atoms with Gasteiger partial charge in [0, 0.05) is 12.6 Å². The molecule has 19 heavy (non-hydrogen) atoms. The molecule has 1 aromatic rings. The molecule has 2 rings (SSSR count). The zero-order chi connectivity index (χ0) is 13.3. The van der Waals surface area contributed by atoms with Crippen LogP contribution in [0.1, 0.15) is 26.3 Å². The zero-order valence-corrected chi connectivity index (χ0v) is 12.4. The first-order chi connectivity index (χ1) is 8.37. The number of carbonyl (C=O) groups is 1. The summed E-state index contributed by atoms with van der Waals surface area (Å²) >= 11 is 0. The maximum Gasteiger partial charge on any atom is 0.414 e. The first kappa shape index (κ1) is 15.8. The summed E-state index contributed by atoms with van der Waals surface area (Å²) in [6.45, 7) is 6.09. The molecule has 1 aliphatic rings. The number of benzene rings is 1. The molecular weight excluding hydrogens is 264 g/mol. The van der Waals surface area contributed by atoms with Gasteiger partial charge in [-0.05, 0) is 38.8 Å². The molecule has 0 bridgehead atoms. The van der Waals surface area contributed by atoms with Gasteiger partial charge in [-0.15, -0.1) is 12.4 Å². The lowest BCUT2D eigenvalue weighted by atomic mass is 9.99. The van der Waals surface area contributed by atoms with Crippen LogP contribution in [0.5, 0.6) is 0 Å². The van der Waals surface area contributed by atoms with E-state index in [1.54, 1.807) is 4.90 Å². The number of amides is 1. The third-order valence-corrected chi connectivity index (χ3v) is 2.80. The molecule has 0 aliphatic carbocycles. The minimum absolute atomic E-state index is 0. The third kappa shape index (κ3) is 3.85.